The molecule has 1 unspecified atom stereocenters. The van der Waals surface area contributed by atoms with Crippen LogP contribution in [0.5, 0.6) is 0 Å². The van der Waals surface area contributed by atoms with Crippen LogP contribution in [-0.4, -0.2) is 26.1 Å². The van der Waals surface area contributed by atoms with E-state index < -0.39 is 0 Å². The van der Waals surface area contributed by atoms with Crippen LogP contribution in [0.2, 0.25) is 0 Å². The quantitative estimate of drug-likeness (QED) is 0.401. The minimum atomic E-state index is -0.353. The maximum Gasteiger partial charge on any atom is 0.220 e. The van der Waals surface area contributed by atoms with Crippen LogP contribution in [0.15, 0.2) is 42.5 Å². The number of hydrogen-bond acceptors (Lipinski definition) is 3. The molecule has 8 heteroatoms. The predicted molar refractivity (Wildman–Crippen MR) is 114 cm³/mol. The zero-order valence-corrected chi connectivity index (χ0v) is 17.3. The fourth-order valence-electron chi connectivity index (χ4n) is 3.71. The number of halogens is 2. The van der Waals surface area contributed by atoms with E-state index >= 15 is 0 Å². The topological polar surface area (TPSA) is 86.5 Å². The van der Waals surface area contributed by atoms with Crippen molar-refractivity contribution in [1.29, 1.82) is 0 Å². The Hall–Kier alpha value is -3.55. The number of benzene rings is 2. The number of aryl methyl sites for hydroxylation is 2. The van der Waals surface area contributed by atoms with Crippen LogP contribution < -0.4 is 5.32 Å². The number of carbonyl (C=O) groups is 1. The summed E-state index contributed by atoms with van der Waals surface area (Å²) in [7, 11) is 0. The molecule has 0 fully saturated rings. The summed E-state index contributed by atoms with van der Waals surface area (Å²) >= 11 is 0. The van der Waals surface area contributed by atoms with Crippen molar-refractivity contribution in [3.8, 4) is 11.3 Å². The minimum absolute atomic E-state index is 0.148. The molecule has 160 valence electrons. The summed E-state index contributed by atoms with van der Waals surface area (Å²) in [6.07, 6.45) is 1.26. The Morgan fingerprint density at radius 1 is 1.13 bits per heavy atom. The van der Waals surface area contributed by atoms with Crippen molar-refractivity contribution in [3.63, 3.8) is 0 Å². The zero-order chi connectivity index (χ0) is 22.0. The van der Waals surface area contributed by atoms with E-state index in [1.54, 1.807) is 25.1 Å². The number of H-pyrrole nitrogens is 2. The van der Waals surface area contributed by atoms with Gasteiger partial charge in [0.1, 0.15) is 17.5 Å². The highest BCUT2D eigenvalue weighted by atomic mass is 19.1. The lowest BCUT2D eigenvalue weighted by Crippen LogP contribution is -2.29. The van der Waals surface area contributed by atoms with E-state index in [9.17, 15) is 13.6 Å². The summed E-state index contributed by atoms with van der Waals surface area (Å²) in [6.45, 7) is 3.75. The van der Waals surface area contributed by atoms with E-state index in [0.717, 1.165) is 22.3 Å². The predicted octanol–water partition coefficient (Wildman–Crippen LogP) is 4.74. The number of carbonyl (C=O) groups excluding carboxylic acids is 1. The number of nitrogens with one attached hydrogen (secondary N) is 3. The lowest BCUT2D eigenvalue weighted by molar-refractivity contribution is -0.121. The fourth-order valence-corrected chi connectivity index (χ4v) is 3.71. The zero-order valence-electron chi connectivity index (χ0n) is 17.3. The summed E-state index contributed by atoms with van der Waals surface area (Å²) in [5.41, 5.74) is 3.11. The van der Waals surface area contributed by atoms with Crippen LogP contribution >= 0.6 is 0 Å². The largest absolute Gasteiger partial charge is 0.354 e. The van der Waals surface area contributed by atoms with E-state index in [2.05, 4.69) is 25.5 Å². The number of hydrogen-bond donors (Lipinski definition) is 3. The first-order chi connectivity index (χ1) is 14.9. The molecule has 4 rings (SSSR count). The molecule has 0 radical (unpaired) electrons. The van der Waals surface area contributed by atoms with Gasteiger partial charge in [-0.2, -0.15) is 5.10 Å². The van der Waals surface area contributed by atoms with Crippen molar-refractivity contribution >= 4 is 16.8 Å². The molecule has 0 aliphatic carbocycles. The lowest BCUT2D eigenvalue weighted by atomic mass is 10.0. The van der Waals surface area contributed by atoms with Crippen LogP contribution in [-0.2, 0) is 11.2 Å². The van der Waals surface area contributed by atoms with Gasteiger partial charge in [-0.3, -0.25) is 9.89 Å². The summed E-state index contributed by atoms with van der Waals surface area (Å²) in [5.74, 6) is 0.403. The summed E-state index contributed by atoms with van der Waals surface area (Å²) < 4.78 is 27.3. The van der Waals surface area contributed by atoms with E-state index in [0.29, 0.717) is 29.9 Å². The maximum absolute atomic E-state index is 13.9. The molecule has 2 heterocycles. The van der Waals surface area contributed by atoms with E-state index in [-0.39, 0.29) is 30.0 Å². The molecule has 3 N–H and O–H groups in total. The van der Waals surface area contributed by atoms with Crippen LogP contribution in [0.1, 0.15) is 43.0 Å². The summed E-state index contributed by atoms with van der Waals surface area (Å²) in [4.78, 5) is 20.3. The van der Waals surface area contributed by atoms with Gasteiger partial charge < -0.3 is 10.3 Å². The Bertz CT molecular complexity index is 1210. The molecule has 1 atom stereocenters. The van der Waals surface area contributed by atoms with Crippen LogP contribution in [0.4, 0.5) is 8.78 Å². The van der Waals surface area contributed by atoms with Gasteiger partial charge >= 0.3 is 0 Å². The van der Waals surface area contributed by atoms with E-state index in [1.807, 2.05) is 6.92 Å². The molecule has 4 aromatic rings. The van der Waals surface area contributed by atoms with Gasteiger partial charge in [-0.25, -0.2) is 13.8 Å². The van der Waals surface area contributed by atoms with Gasteiger partial charge in [-0.05, 0) is 73.4 Å². The summed E-state index contributed by atoms with van der Waals surface area (Å²) in [5, 5.41) is 10.6. The van der Waals surface area contributed by atoms with E-state index in [1.165, 1.54) is 24.3 Å². The van der Waals surface area contributed by atoms with Crippen LogP contribution in [0.3, 0.4) is 0 Å². The van der Waals surface area contributed by atoms with Crippen molar-refractivity contribution in [3.05, 3.63) is 71.3 Å². The Balaban J connectivity index is 1.58. The standard InChI is InChI=1S/C23H23F2N5O/c1-3-19(23-26-13(2)29-30-23)27-21(31)11-9-17-18-12-16(25)8-10-20(18)28-22(17)14-4-6-15(24)7-5-14/h4-8,10,12,19,28H,3,9,11H2,1-2H3,(H,27,31)(H,26,29,30). The first-order valence-corrected chi connectivity index (χ1v) is 10.2. The van der Waals surface area contributed by atoms with E-state index in [4.69, 9.17) is 0 Å². The fraction of sp³-hybridized carbons (Fsp3) is 0.261. The van der Waals surface area contributed by atoms with Gasteiger partial charge in [-0.1, -0.05) is 6.92 Å². The Morgan fingerprint density at radius 3 is 2.55 bits per heavy atom. The number of aromatic amines is 2. The smallest absolute Gasteiger partial charge is 0.220 e. The summed E-state index contributed by atoms with van der Waals surface area (Å²) in [6, 6.07) is 10.3. The highest BCUT2D eigenvalue weighted by Crippen LogP contribution is 2.32. The Morgan fingerprint density at radius 2 is 1.87 bits per heavy atom. The number of nitrogens with zero attached hydrogens (tertiary/aromatic N) is 2. The molecule has 0 saturated carbocycles. The van der Waals surface area contributed by atoms with Crippen molar-refractivity contribution in [2.24, 2.45) is 0 Å². The number of amides is 1. The first kappa shape index (κ1) is 20.7. The third kappa shape index (κ3) is 4.47. The number of aromatic nitrogens is 4. The Kier molecular flexibility index (Phi) is 5.79. The molecule has 1 amide bonds. The maximum atomic E-state index is 13.9. The number of fused-ring (bicyclic) bond motifs is 1. The van der Waals surface area contributed by atoms with Crippen LogP contribution in [0, 0.1) is 18.6 Å². The van der Waals surface area contributed by atoms with Gasteiger partial charge in [-0.15, -0.1) is 0 Å². The van der Waals surface area contributed by atoms with Crippen molar-refractivity contribution in [2.45, 2.75) is 39.2 Å². The average Bonchev–Trinajstić information content (AvgIpc) is 3.34. The molecular weight excluding hydrogens is 400 g/mol. The van der Waals surface area contributed by atoms with Crippen LogP contribution in [0.25, 0.3) is 22.2 Å². The molecule has 2 aromatic carbocycles. The second kappa shape index (κ2) is 8.67. The minimum Gasteiger partial charge on any atom is -0.354 e. The second-order valence-corrected chi connectivity index (χ2v) is 7.48. The van der Waals surface area contributed by atoms with Crippen molar-refractivity contribution in [2.75, 3.05) is 0 Å². The average molecular weight is 423 g/mol. The Labute approximate surface area is 178 Å². The number of rotatable bonds is 7. The van der Waals surface area contributed by atoms with Gasteiger partial charge in [0, 0.05) is 23.0 Å². The molecule has 0 bridgehead atoms. The third-order valence-electron chi connectivity index (χ3n) is 5.27. The molecule has 0 spiro atoms. The van der Waals surface area contributed by atoms with Gasteiger partial charge in [0.2, 0.25) is 5.91 Å². The molecule has 31 heavy (non-hydrogen) atoms. The van der Waals surface area contributed by atoms with Crippen molar-refractivity contribution < 1.29 is 13.6 Å². The first-order valence-electron chi connectivity index (χ1n) is 10.2. The molecule has 0 aliphatic rings. The molecule has 6 nitrogen and oxygen atoms in total. The normalized spacial score (nSPS) is 12.3. The third-order valence-corrected chi connectivity index (χ3v) is 5.27. The van der Waals surface area contributed by atoms with Gasteiger partial charge in [0.15, 0.2) is 5.82 Å². The SMILES string of the molecule is CCC(NC(=O)CCc1c(-c2ccc(F)cc2)[nH]c2ccc(F)cc12)c1n[nH]c(C)n1. The highest BCUT2D eigenvalue weighted by Gasteiger charge is 2.19. The highest BCUT2D eigenvalue weighted by molar-refractivity contribution is 5.91. The second-order valence-electron chi connectivity index (χ2n) is 7.48. The van der Waals surface area contributed by atoms with Gasteiger partial charge in [0.25, 0.3) is 0 Å². The molecular formula is C23H23F2N5O. The molecule has 0 aliphatic heterocycles. The monoisotopic (exact) mass is 423 g/mol. The van der Waals surface area contributed by atoms with Crippen molar-refractivity contribution in [1.82, 2.24) is 25.5 Å². The van der Waals surface area contributed by atoms with Gasteiger partial charge in [0.05, 0.1) is 6.04 Å². The molecule has 2 aromatic heterocycles. The lowest BCUT2D eigenvalue weighted by Gasteiger charge is -2.14. The molecule has 0 saturated heterocycles.